The van der Waals surface area contributed by atoms with Gasteiger partial charge in [-0.2, -0.15) is 11.8 Å². The average molecular weight is 185 g/mol. The van der Waals surface area contributed by atoms with Crippen molar-refractivity contribution in [1.29, 1.82) is 0 Å². The van der Waals surface area contributed by atoms with E-state index in [1.165, 1.54) is 32.1 Å². The largest absolute Gasteiger partial charge is 0.158 e. The van der Waals surface area contributed by atoms with Gasteiger partial charge < -0.3 is 0 Å². The van der Waals surface area contributed by atoms with E-state index < -0.39 is 0 Å². The summed E-state index contributed by atoms with van der Waals surface area (Å²) in [6.07, 6.45) is 6.91. The zero-order chi connectivity index (χ0) is 8.65. The van der Waals surface area contributed by atoms with Gasteiger partial charge in [-0.3, -0.25) is 0 Å². The molecule has 1 aliphatic carbocycles. The first-order valence-electron chi connectivity index (χ1n) is 4.56. The highest BCUT2D eigenvalue weighted by molar-refractivity contribution is 7.99. The molecule has 4 heteroatoms. The molecule has 0 saturated heterocycles. The van der Waals surface area contributed by atoms with E-state index in [9.17, 15) is 0 Å². The summed E-state index contributed by atoms with van der Waals surface area (Å²) in [5, 5.41) is 4.36. The number of azide groups is 1. The molecule has 0 amide bonds. The molecule has 0 aromatic rings. The van der Waals surface area contributed by atoms with E-state index in [2.05, 4.69) is 10.0 Å². The number of hydrogen-bond acceptors (Lipinski definition) is 2. The Morgan fingerprint density at radius 2 is 2.08 bits per heavy atom. The van der Waals surface area contributed by atoms with Crippen LogP contribution in [0.2, 0.25) is 0 Å². The molecule has 1 rings (SSSR count). The zero-order valence-electron chi connectivity index (χ0n) is 7.28. The molecular weight excluding hydrogens is 170 g/mol. The summed E-state index contributed by atoms with van der Waals surface area (Å²) in [7, 11) is 0. The Hall–Kier alpha value is -0.340. The maximum absolute atomic E-state index is 8.05. The minimum atomic E-state index is 0.650. The number of nitrogens with zero attached hydrogens (tertiary/aromatic N) is 3. The number of thioether (sulfide) groups is 1. The Labute approximate surface area is 77.5 Å². The van der Waals surface area contributed by atoms with Gasteiger partial charge in [0.05, 0.1) is 0 Å². The van der Waals surface area contributed by atoms with Crippen LogP contribution in [0.4, 0.5) is 0 Å². The first-order chi connectivity index (χ1) is 5.93. The van der Waals surface area contributed by atoms with Crippen molar-refractivity contribution in [2.75, 3.05) is 12.3 Å². The molecule has 0 aromatic heterocycles. The van der Waals surface area contributed by atoms with Crippen molar-refractivity contribution in [2.45, 2.75) is 37.4 Å². The highest BCUT2D eigenvalue weighted by Gasteiger charge is 2.12. The van der Waals surface area contributed by atoms with Crippen molar-refractivity contribution >= 4 is 11.8 Å². The Morgan fingerprint density at radius 3 is 2.75 bits per heavy atom. The summed E-state index contributed by atoms with van der Waals surface area (Å²) in [6.45, 7) is 0.650. The fourth-order valence-electron chi connectivity index (χ4n) is 1.54. The number of hydrogen-bond donors (Lipinski definition) is 0. The van der Waals surface area contributed by atoms with Crippen LogP contribution in [-0.2, 0) is 0 Å². The van der Waals surface area contributed by atoms with Crippen LogP contribution < -0.4 is 0 Å². The van der Waals surface area contributed by atoms with Gasteiger partial charge in [0.1, 0.15) is 0 Å². The van der Waals surface area contributed by atoms with Gasteiger partial charge in [-0.25, -0.2) is 0 Å². The second-order valence-electron chi connectivity index (χ2n) is 3.09. The highest BCUT2D eigenvalue weighted by atomic mass is 32.2. The third kappa shape index (κ3) is 3.88. The van der Waals surface area contributed by atoms with Gasteiger partial charge in [-0.15, -0.1) is 0 Å². The number of rotatable bonds is 4. The molecule has 1 aliphatic rings. The predicted molar refractivity (Wildman–Crippen MR) is 53.3 cm³/mol. The van der Waals surface area contributed by atoms with E-state index in [-0.39, 0.29) is 0 Å². The van der Waals surface area contributed by atoms with Crippen LogP contribution >= 0.6 is 11.8 Å². The molecule has 68 valence electrons. The lowest BCUT2D eigenvalue weighted by Gasteiger charge is -2.20. The van der Waals surface area contributed by atoms with Crippen LogP contribution in [0.25, 0.3) is 10.4 Å². The second-order valence-corrected chi connectivity index (χ2v) is 4.49. The van der Waals surface area contributed by atoms with Gasteiger partial charge in [0.15, 0.2) is 0 Å². The van der Waals surface area contributed by atoms with Crippen molar-refractivity contribution in [3.63, 3.8) is 0 Å². The van der Waals surface area contributed by atoms with Crippen LogP contribution in [0.5, 0.6) is 0 Å². The SMILES string of the molecule is [N-]=[N+]=NCCSC1CCCCC1. The van der Waals surface area contributed by atoms with Gasteiger partial charge in [-0.1, -0.05) is 24.4 Å². The van der Waals surface area contributed by atoms with E-state index in [0.717, 1.165) is 11.0 Å². The summed E-state index contributed by atoms with van der Waals surface area (Å²) in [5.74, 6) is 0.995. The van der Waals surface area contributed by atoms with E-state index in [1.54, 1.807) is 0 Å². The van der Waals surface area contributed by atoms with E-state index in [0.29, 0.717) is 6.54 Å². The van der Waals surface area contributed by atoms with E-state index in [1.807, 2.05) is 11.8 Å². The lowest BCUT2D eigenvalue weighted by molar-refractivity contribution is 0.516. The lowest BCUT2D eigenvalue weighted by Crippen LogP contribution is -2.09. The summed E-state index contributed by atoms with van der Waals surface area (Å²) in [5.41, 5.74) is 8.05. The Bertz CT molecular complexity index is 160. The Balaban J connectivity index is 2.01. The summed E-state index contributed by atoms with van der Waals surface area (Å²) >= 11 is 1.97. The minimum absolute atomic E-state index is 0.650. The van der Waals surface area contributed by atoms with E-state index >= 15 is 0 Å². The van der Waals surface area contributed by atoms with Gasteiger partial charge in [-0.05, 0) is 24.1 Å². The molecule has 3 nitrogen and oxygen atoms in total. The molecule has 1 saturated carbocycles. The van der Waals surface area contributed by atoms with Crippen LogP contribution in [-0.4, -0.2) is 17.5 Å². The zero-order valence-corrected chi connectivity index (χ0v) is 8.09. The molecular formula is C8H15N3S. The standard InChI is InChI=1S/C8H15N3S/c9-11-10-6-7-12-8-4-2-1-3-5-8/h8H,1-7H2. The fourth-order valence-corrected chi connectivity index (χ4v) is 2.72. The van der Waals surface area contributed by atoms with Gasteiger partial charge in [0.2, 0.25) is 0 Å². The van der Waals surface area contributed by atoms with Crippen molar-refractivity contribution in [1.82, 2.24) is 0 Å². The maximum Gasteiger partial charge on any atom is 0.0348 e. The average Bonchev–Trinajstić information content (AvgIpc) is 2.14. The van der Waals surface area contributed by atoms with Crippen LogP contribution in [0.15, 0.2) is 5.11 Å². The molecule has 0 aliphatic heterocycles. The van der Waals surface area contributed by atoms with Crippen molar-refractivity contribution in [2.24, 2.45) is 5.11 Å². The van der Waals surface area contributed by atoms with Gasteiger partial charge in [0, 0.05) is 16.7 Å². The molecule has 12 heavy (non-hydrogen) atoms. The summed E-state index contributed by atoms with van der Waals surface area (Å²) in [6, 6.07) is 0. The van der Waals surface area contributed by atoms with Crippen molar-refractivity contribution in [3.8, 4) is 0 Å². The Kier molecular flexibility index (Phi) is 5.04. The normalized spacial score (nSPS) is 18.7. The maximum atomic E-state index is 8.05. The monoisotopic (exact) mass is 185 g/mol. The molecule has 0 bridgehead atoms. The van der Waals surface area contributed by atoms with Crippen molar-refractivity contribution in [3.05, 3.63) is 10.4 Å². The first-order valence-corrected chi connectivity index (χ1v) is 5.61. The van der Waals surface area contributed by atoms with Crippen LogP contribution in [0, 0.1) is 0 Å². The quantitative estimate of drug-likeness (QED) is 0.287. The van der Waals surface area contributed by atoms with Gasteiger partial charge >= 0.3 is 0 Å². The molecule has 0 heterocycles. The highest BCUT2D eigenvalue weighted by Crippen LogP contribution is 2.27. The first kappa shape index (κ1) is 9.75. The fraction of sp³-hybridized carbons (Fsp3) is 1.00. The molecule has 0 radical (unpaired) electrons. The van der Waals surface area contributed by atoms with Crippen molar-refractivity contribution < 1.29 is 0 Å². The lowest BCUT2D eigenvalue weighted by atomic mass is 10.0. The molecule has 0 spiro atoms. The third-order valence-corrected chi connectivity index (χ3v) is 3.52. The second kappa shape index (κ2) is 6.21. The van der Waals surface area contributed by atoms with Crippen LogP contribution in [0.3, 0.4) is 0 Å². The molecule has 0 atom stereocenters. The molecule has 0 aromatic carbocycles. The van der Waals surface area contributed by atoms with Gasteiger partial charge in [0.25, 0.3) is 0 Å². The Morgan fingerprint density at radius 1 is 1.33 bits per heavy atom. The summed E-state index contributed by atoms with van der Waals surface area (Å²) < 4.78 is 0. The molecule has 0 N–H and O–H groups in total. The molecule has 0 unspecified atom stereocenters. The van der Waals surface area contributed by atoms with E-state index in [4.69, 9.17) is 5.53 Å². The molecule has 1 fully saturated rings. The van der Waals surface area contributed by atoms with Crippen LogP contribution in [0.1, 0.15) is 32.1 Å². The predicted octanol–water partition coefficient (Wildman–Crippen LogP) is 3.36. The minimum Gasteiger partial charge on any atom is -0.158 e. The summed E-state index contributed by atoms with van der Waals surface area (Å²) in [4.78, 5) is 2.73. The third-order valence-electron chi connectivity index (χ3n) is 2.16. The topological polar surface area (TPSA) is 48.8 Å². The smallest absolute Gasteiger partial charge is 0.0348 e.